The minimum absolute atomic E-state index is 0. The predicted molar refractivity (Wildman–Crippen MR) is 134 cm³/mol. The Labute approximate surface area is 199 Å². The lowest BCUT2D eigenvalue weighted by molar-refractivity contribution is 0.121. The zero-order valence-corrected chi connectivity index (χ0v) is 20.9. The van der Waals surface area contributed by atoms with Crippen LogP contribution >= 0.6 is 24.0 Å². The van der Waals surface area contributed by atoms with Gasteiger partial charge in [0, 0.05) is 52.7 Å². The third kappa shape index (κ3) is 8.23. The Morgan fingerprint density at radius 3 is 2.40 bits per heavy atom. The number of hydrogen-bond acceptors (Lipinski definition) is 4. The van der Waals surface area contributed by atoms with E-state index < -0.39 is 0 Å². The number of nitrogens with one attached hydrogen (secondary N) is 1. The van der Waals surface area contributed by atoms with Crippen molar-refractivity contribution >= 4 is 29.9 Å². The van der Waals surface area contributed by atoms with Crippen molar-refractivity contribution in [3.8, 4) is 5.75 Å². The standard InChI is InChI=1S/C23H38N4O2.HI/c1-3-24-23(25-19-20-9-13-26(14-10-20)17-18-28-2)27-15-11-22(12-16-27)29-21-7-5-4-6-8-21;/h4-8,20,22H,3,9-19H2,1-2H3,(H,24,25);1H. The van der Waals surface area contributed by atoms with Crippen LogP contribution in [0.1, 0.15) is 32.6 Å². The van der Waals surface area contributed by atoms with Gasteiger partial charge >= 0.3 is 0 Å². The van der Waals surface area contributed by atoms with Crippen LogP contribution in [0.3, 0.4) is 0 Å². The number of benzene rings is 1. The first kappa shape index (κ1) is 25.2. The lowest BCUT2D eigenvalue weighted by Crippen LogP contribution is -2.47. The van der Waals surface area contributed by atoms with Crippen molar-refractivity contribution < 1.29 is 9.47 Å². The number of aliphatic imine (C=N–C) groups is 1. The summed E-state index contributed by atoms with van der Waals surface area (Å²) in [5.74, 6) is 2.75. The van der Waals surface area contributed by atoms with E-state index in [1.807, 2.05) is 30.3 Å². The van der Waals surface area contributed by atoms with Gasteiger partial charge in [-0.1, -0.05) is 18.2 Å². The van der Waals surface area contributed by atoms with Gasteiger partial charge in [0.1, 0.15) is 11.9 Å². The third-order valence-corrected chi connectivity index (χ3v) is 5.94. The first-order valence-electron chi connectivity index (χ1n) is 11.2. The third-order valence-electron chi connectivity index (χ3n) is 5.94. The number of hydrogen-bond donors (Lipinski definition) is 1. The molecule has 2 heterocycles. The van der Waals surface area contributed by atoms with Crippen LogP contribution in [0, 0.1) is 5.92 Å². The Kier molecular flexibility index (Phi) is 11.8. The molecule has 2 aliphatic heterocycles. The summed E-state index contributed by atoms with van der Waals surface area (Å²) >= 11 is 0. The second-order valence-corrected chi connectivity index (χ2v) is 8.09. The highest BCUT2D eigenvalue weighted by Gasteiger charge is 2.24. The number of piperidine rings is 2. The Morgan fingerprint density at radius 1 is 1.07 bits per heavy atom. The summed E-state index contributed by atoms with van der Waals surface area (Å²) in [7, 11) is 1.78. The molecule has 0 unspecified atom stereocenters. The summed E-state index contributed by atoms with van der Waals surface area (Å²) in [6.45, 7) is 10.2. The average molecular weight is 530 g/mol. The molecule has 1 aromatic rings. The lowest BCUT2D eigenvalue weighted by Gasteiger charge is -2.35. The maximum absolute atomic E-state index is 6.14. The fourth-order valence-corrected chi connectivity index (χ4v) is 4.13. The number of methoxy groups -OCH3 is 1. The number of guanidine groups is 1. The monoisotopic (exact) mass is 530 g/mol. The fraction of sp³-hybridized carbons (Fsp3) is 0.696. The summed E-state index contributed by atoms with van der Waals surface area (Å²) in [5.41, 5.74) is 0. The number of likely N-dealkylation sites (tertiary alicyclic amines) is 2. The van der Waals surface area contributed by atoms with Crippen molar-refractivity contribution in [2.24, 2.45) is 10.9 Å². The Balaban J connectivity index is 0.00000320. The van der Waals surface area contributed by atoms with Gasteiger partial charge in [0.25, 0.3) is 0 Å². The zero-order chi connectivity index (χ0) is 20.3. The molecule has 0 atom stereocenters. The second kappa shape index (κ2) is 14.1. The van der Waals surface area contributed by atoms with E-state index in [0.29, 0.717) is 12.0 Å². The van der Waals surface area contributed by atoms with Crippen LogP contribution in [0.2, 0.25) is 0 Å². The topological polar surface area (TPSA) is 49.3 Å². The average Bonchev–Trinajstić information content (AvgIpc) is 2.77. The van der Waals surface area contributed by atoms with Crippen LogP contribution in [0.4, 0.5) is 0 Å². The molecule has 0 saturated carbocycles. The molecule has 170 valence electrons. The van der Waals surface area contributed by atoms with Crippen molar-refractivity contribution in [3.05, 3.63) is 30.3 Å². The summed E-state index contributed by atoms with van der Waals surface area (Å²) in [6, 6.07) is 10.2. The van der Waals surface area contributed by atoms with Gasteiger partial charge in [-0.15, -0.1) is 24.0 Å². The molecule has 0 radical (unpaired) electrons. The summed E-state index contributed by atoms with van der Waals surface area (Å²) in [4.78, 5) is 9.92. The summed E-state index contributed by atoms with van der Waals surface area (Å²) in [5, 5.41) is 3.50. The van der Waals surface area contributed by atoms with E-state index in [4.69, 9.17) is 14.5 Å². The van der Waals surface area contributed by atoms with Crippen LogP contribution in [0.5, 0.6) is 5.75 Å². The van der Waals surface area contributed by atoms with Gasteiger partial charge in [-0.05, 0) is 50.9 Å². The molecule has 2 aliphatic rings. The molecule has 0 aliphatic carbocycles. The smallest absolute Gasteiger partial charge is 0.193 e. The molecule has 2 saturated heterocycles. The molecule has 6 nitrogen and oxygen atoms in total. The number of nitrogens with zero attached hydrogens (tertiary/aromatic N) is 3. The van der Waals surface area contributed by atoms with Gasteiger partial charge in [-0.3, -0.25) is 4.99 Å². The minimum Gasteiger partial charge on any atom is -0.490 e. The number of para-hydroxylation sites is 1. The van der Waals surface area contributed by atoms with E-state index in [1.165, 1.54) is 25.9 Å². The Morgan fingerprint density at radius 2 is 1.77 bits per heavy atom. The number of rotatable bonds is 8. The van der Waals surface area contributed by atoms with Crippen LogP contribution < -0.4 is 10.1 Å². The molecule has 0 spiro atoms. The minimum atomic E-state index is 0. The lowest BCUT2D eigenvalue weighted by atomic mass is 9.97. The first-order valence-corrected chi connectivity index (χ1v) is 11.2. The van der Waals surface area contributed by atoms with Crippen molar-refractivity contribution in [2.45, 2.75) is 38.7 Å². The van der Waals surface area contributed by atoms with E-state index in [9.17, 15) is 0 Å². The molecule has 30 heavy (non-hydrogen) atoms. The van der Waals surface area contributed by atoms with Crippen molar-refractivity contribution in [1.29, 1.82) is 0 Å². The highest BCUT2D eigenvalue weighted by atomic mass is 127. The Bertz CT molecular complexity index is 600. The van der Waals surface area contributed by atoms with E-state index in [0.717, 1.165) is 63.9 Å². The molecule has 2 fully saturated rings. The van der Waals surface area contributed by atoms with E-state index in [1.54, 1.807) is 7.11 Å². The normalized spacial score (nSPS) is 19.4. The fourth-order valence-electron chi connectivity index (χ4n) is 4.13. The summed E-state index contributed by atoms with van der Waals surface area (Å²) < 4.78 is 11.3. The molecule has 1 N–H and O–H groups in total. The second-order valence-electron chi connectivity index (χ2n) is 8.09. The van der Waals surface area contributed by atoms with E-state index >= 15 is 0 Å². The van der Waals surface area contributed by atoms with Crippen molar-refractivity contribution in [1.82, 2.24) is 15.1 Å². The van der Waals surface area contributed by atoms with Crippen LogP contribution in [-0.4, -0.2) is 81.4 Å². The van der Waals surface area contributed by atoms with Crippen molar-refractivity contribution in [3.63, 3.8) is 0 Å². The molecule has 0 amide bonds. The van der Waals surface area contributed by atoms with Gasteiger partial charge < -0.3 is 24.6 Å². The van der Waals surface area contributed by atoms with Crippen LogP contribution in [0.25, 0.3) is 0 Å². The maximum atomic E-state index is 6.14. The number of ether oxygens (including phenoxy) is 2. The largest absolute Gasteiger partial charge is 0.490 e. The molecule has 1 aromatic carbocycles. The molecule has 7 heteroatoms. The van der Waals surface area contributed by atoms with E-state index in [-0.39, 0.29) is 24.0 Å². The molecular formula is C23H39IN4O2. The van der Waals surface area contributed by atoms with Crippen molar-refractivity contribution in [2.75, 3.05) is 59.5 Å². The SMILES string of the molecule is CCNC(=NCC1CCN(CCOC)CC1)N1CCC(Oc2ccccc2)CC1.I. The van der Waals surface area contributed by atoms with Gasteiger partial charge in [0.05, 0.1) is 6.61 Å². The van der Waals surface area contributed by atoms with E-state index in [2.05, 4.69) is 22.0 Å². The number of halogens is 1. The zero-order valence-electron chi connectivity index (χ0n) is 18.6. The molecule has 0 aromatic heterocycles. The van der Waals surface area contributed by atoms with Crippen LogP contribution in [0.15, 0.2) is 35.3 Å². The maximum Gasteiger partial charge on any atom is 0.193 e. The van der Waals surface area contributed by atoms with Gasteiger partial charge in [0.2, 0.25) is 0 Å². The summed E-state index contributed by atoms with van der Waals surface area (Å²) in [6.07, 6.45) is 4.85. The predicted octanol–water partition coefficient (Wildman–Crippen LogP) is 3.47. The molecular weight excluding hydrogens is 491 g/mol. The first-order chi connectivity index (χ1) is 14.3. The molecule has 3 rings (SSSR count). The van der Waals surface area contributed by atoms with Gasteiger partial charge in [-0.2, -0.15) is 0 Å². The van der Waals surface area contributed by atoms with Gasteiger partial charge in [-0.25, -0.2) is 0 Å². The highest BCUT2D eigenvalue weighted by Crippen LogP contribution is 2.20. The van der Waals surface area contributed by atoms with Crippen LogP contribution in [-0.2, 0) is 4.74 Å². The highest BCUT2D eigenvalue weighted by molar-refractivity contribution is 14.0. The molecule has 0 bridgehead atoms. The Hall–Kier alpha value is -1.06. The quantitative estimate of drug-likeness (QED) is 0.317. The van der Waals surface area contributed by atoms with Gasteiger partial charge in [0.15, 0.2) is 5.96 Å².